The van der Waals surface area contributed by atoms with E-state index in [4.69, 9.17) is 14.6 Å². The van der Waals surface area contributed by atoms with Crippen LogP contribution >= 0.6 is 0 Å². The zero-order chi connectivity index (χ0) is 24.1. The molecule has 2 aromatic carbocycles. The Balaban J connectivity index is 1.80. The normalized spacial score (nSPS) is 13.7. The molecule has 0 atom stereocenters. The van der Waals surface area contributed by atoms with Crippen LogP contribution in [0, 0.1) is 11.7 Å². The van der Waals surface area contributed by atoms with Gasteiger partial charge in [0.2, 0.25) is 11.8 Å². The smallest absolute Gasteiger partial charge is 0.228 e. The molecule has 1 heterocycles. The lowest BCUT2D eigenvalue weighted by Crippen LogP contribution is -2.40. The molecular formula is C27H32FN3O3. The molecule has 7 heteroatoms. The van der Waals surface area contributed by atoms with Crippen LogP contribution in [0.5, 0.6) is 11.6 Å². The number of carbonyl (C=O) groups is 1. The quantitative estimate of drug-likeness (QED) is 0.385. The summed E-state index contributed by atoms with van der Waals surface area (Å²) in [6, 6.07) is 15.9. The second-order valence-electron chi connectivity index (χ2n) is 8.98. The number of halogens is 1. The van der Waals surface area contributed by atoms with Crippen molar-refractivity contribution in [1.82, 2.24) is 14.7 Å². The van der Waals surface area contributed by atoms with Gasteiger partial charge in [-0.05, 0) is 43.0 Å². The summed E-state index contributed by atoms with van der Waals surface area (Å²) in [7, 11) is 1.63. The molecule has 1 aromatic heterocycles. The fourth-order valence-electron chi connectivity index (χ4n) is 4.12. The molecule has 0 saturated heterocycles. The first kappa shape index (κ1) is 24.0. The number of aromatic nitrogens is 2. The number of rotatable bonds is 10. The Hall–Kier alpha value is -3.19. The molecule has 34 heavy (non-hydrogen) atoms. The van der Waals surface area contributed by atoms with Crippen LogP contribution < -0.4 is 4.74 Å². The van der Waals surface area contributed by atoms with Gasteiger partial charge in [-0.15, -0.1) is 0 Å². The van der Waals surface area contributed by atoms with Gasteiger partial charge in [0.05, 0.1) is 30.1 Å². The summed E-state index contributed by atoms with van der Waals surface area (Å²) >= 11 is 0. The summed E-state index contributed by atoms with van der Waals surface area (Å²) in [5, 5.41) is 4.88. The standard InChI is InChI=1S/C27H32FN3O3/c1-19(2)25-22(18-30(16-17-33-3)26(32)20-10-9-11-20)27(34-24-15-8-7-14-23(24)28)31(29-25)21-12-5-4-6-13-21/h4-8,12-15,19-20H,9-11,16-18H2,1-3H3. The van der Waals surface area contributed by atoms with E-state index in [0.717, 1.165) is 36.2 Å². The van der Waals surface area contributed by atoms with Gasteiger partial charge in [0.15, 0.2) is 11.6 Å². The molecule has 1 amide bonds. The number of nitrogens with zero attached hydrogens (tertiary/aromatic N) is 3. The summed E-state index contributed by atoms with van der Waals surface area (Å²) < 4.78 is 27.8. The van der Waals surface area contributed by atoms with E-state index in [9.17, 15) is 9.18 Å². The highest BCUT2D eigenvalue weighted by molar-refractivity contribution is 5.79. The summed E-state index contributed by atoms with van der Waals surface area (Å²) in [6.45, 7) is 5.34. The average molecular weight is 466 g/mol. The number of carbonyl (C=O) groups excluding carboxylic acids is 1. The molecule has 180 valence electrons. The molecule has 0 spiro atoms. The monoisotopic (exact) mass is 465 g/mol. The molecule has 6 nitrogen and oxygen atoms in total. The van der Waals surface area contributed by atoms with Crippen LogP contribution in [0.3, 0.4) is 0 Å². The van der Waals surface area contributed by atoms with Crippen molar-refractivity contribution in [2.75, 3.05) is 20.3 Å². The van der Waals surface area contributed by atoms with Gasteiger partial charge in [-0.1, -0.05) is 50.6 Å². The molecule has 4 rings (SSSR count). The molecule has 0 N–H and O–H groups in total. The summed E-state index contributed by atoms with van der Waals surface area (Å²) in [5.41, 5.74) is 2.40. The van der Waals surface area contributed by atoms with Crippen molar-refractivity contribution in [1.29, 1.82) is 0 Å². The molecule has 1 fully saturated rings. The minimum Gasteiger partial charge on any atom is -0.435 e. The van der Waals surface area contributed by atoms with Gasteiger partial charge in [0.1, 0.15) is 0 Å². The summed E-state index contributed by atoms with van der Waals surface area (Å²) in [5.74, 6) is 0.337. The van der Waals surface area contributed by atoms with Crippen LogP contribution in [-0.2, 0) is 16.1 Å². The fourth-order valence-corrected chi connectivity index (χ4v) is 4.12. The Morgan fingerprint density at radius 1 is 1.15 bits per heavy atom. The van der Waals surface area contributed by atoms with Crippen molar-refractivity contribution in [2.24, 2.45) is 5.92 Å². The largest absolute Gasteiger partial charge is 0.435 e. The number of hydrogen-bond acceptors (Lipinski definition) is 4. The number of methoxy groups -OCH3 is 1. The van der Waals surface area contributed by atoms with Crippen molar-refractivity contribution >= 4 is 5.91 Å². The van der Waals surface area contributed by atoms with Gasteiger partial charge in [0, 0.05) is 19.6 Å². The number of para-hydroxylation sites is 2. The lowest BCUT2D eigenvalue weighted by atomic mass is 9.84. The maximum atomic E-state index is 14.6. The summed E-state index contributed by atoms with van der Waals surface area (Å²) in [6.07, 6.45) is 2.92. The van der Waals surface area contributed by atoms with Crippen LogP contribution in [0.2, 0.25) is 0 Å². The van der Waals surface area contributed by atoms with Crippen LogP contribution in [0.25, 0.3) is 5.69 Å². The van der Waals surface area contributed by atoms with E-state index in [1.807, 2.05) is 35.2 Å². The van der Waals surface area contributed by atoms with Gasteiger partial charge >= 0.3 is 0 Å². The zero-order valence-electron chi connectivity index (χ0n) is 20.0. The lowest BCUT2D eigenvalue weighted by Gasteiger charge is -2.32. The molecule has 0 unspecified atom stereocenters. The minimum absolute atomic E-state index is 0.0551. The highest BCUT2D eigenvalue weighted by atomic mass is 19.1. The van der Waals surface area contributed by atoms with E-state index >= 15 is 0 Å². The van der Waals surface area contributed by atoms with Gasteiger partial charge in [-0.2, -0.15) is 5.10 Å². The van der Waals surface area contributed by atoms with E-state index in [1.54, 1.807) is 30.0 Å². The second-order valence-corrected chi connectivity index (χ2v) is 8.98. The maximum Gasteiger partial charge on any atom is 0.228 e. The van der Waals surface area contributed by atoms with Gasteiger partial charge in [-0.3, -0.25) is 4.79 Å². The topological polar surface area (TPSA) is 56.6 Å². The van der Waals surface area contributed by atoms with Crippen molar-refractivity contribution in [3.05, 3.63) is 71.7 Å². The molecule has 0 radical (unpaired) electrons. The van der Waals surface area contributed by atoms with E-state index < -0.39 is 5.82 Å². The first-order valence-electron chi connectivity index (χ1n) is 11.9. The number of ether oxygens (including phenoxy) is 2. The van der Waals surface area contributed by atoms with Crippen LogP contribution in [0.15, 0.2) is 54.6 Å². The van der Waals surface area contributed by atoms with Crippen LogP contribution in [0.1, 0.15) is 50.3 Å². The highest BCUT2D eigenvalue weighted by Crippen LogP contribution is 2.36. The summed E-state index contributed by atoms with van der Waals surface area (Å²) in [4.78, 5) is 15.1. The second kappa shape index (κ2) is 10.8. The molecule has 1 aliphatic carbocycles. The van der Waals surface area contributed by atoms with Crippen LogP contribution in [-0.4, -0.2) is 40.8 Å². The highest BCUT2D eigenvalue weighted by Gasteiger charge is 2.32. The minimum atomic E-state index is -0.456. The maximum absolute atomic E-state index is 14.6. The van der Waals surface area contributed by atoms with E-state index in [2.05, 4.69) is 13.8 Å². The first-order valence-corrected chi connectivity index (χ1v) is 11.9. The fraction of sp³-hybridized carbons (Fsp3) is 0.407. The third-order valence-electron chi connectivity index (χ3n) is 6.24. The molecule has 1 aliphatic rings. The molecular weight excluding hydrogens is 433 g/mol. The van der Waals surface area contributed by atoms with Crippen molar-refractivity contribution in [3.63, 3.8) is 0 Å². The Labute approximate surface area is 200 Å². The predicted octanol–water partition coefficient (Wildman–Crippen LogP) is 5.70. The van der Waals surface area contributed by atoms with Crippen LogP contribution in [0.4, 0.5) is 4.39 Å². The first-order chi connectivity index (χ1) is 16.5. The molecule has 0 bridgehead atoms. The Bertz CT molecular complexity index is 1110. The number of hydrogen-bond donors (Lipinski definition) is 0. The molecule has 1 saturated carbocycles. The lowest BCUT2D eigenvalue weighted by molar-refractivity contribution is -0.139. The third kappa shape index (κ3) is 5.14. The van der Waals surface area contributed by atoms with Gasteiger partial charge < -0.3 is 14.4 Å². The van der Waals surface area contributed by atoms with Gasteiger partial charge in [0.25, 0.3) is 0 Å². The van der Waals surface area contributed by atoms with E-state index in [-0.39, 0.29) is 23.5 Å². The van der Waals surface area contributed by atoms with Crippen molar-refractivity contribution in [3.8, 4) is 17.3 Å². The Morgan fingerprint density at radius 2 is 1.85 bits per heavy atom. The Morgan fingerprint density at radius 3 is 2.47 bits per heavy atom. The average Bonchev–Trinajstić information content (AvgIpc) is 3.15. The Kier molecular flexibility index (Phi) is 7.63. The number of amides is 1. The molecule has 3 aromatic rings. The van der Waals surface area contributed by atoms with Gasteiger partial charge in [-0.25, -0.2) is 9.07 Å². The third-order valence-corrected chi connectivity index (χ3v) is 6.24. The van der Waals surface area contributed by atoms with E-state index in [0.29, 0.717) is 25.6 Å². The predicted molar refractivity (Wildman–Crippen MR) is 129 cm³/mol. The number of benzene rings is 2. The van der Waals surface area contributed by atoms with Crippen molar-refractivity contribution < 1.29 is 18.7 Å². The zero-order valence-corrected chi connectivity index (χ0v) is 20.0. The van der Waals surface area contributed by atoms with Crippen molar-refractivity contribution in [2.45, 2.75) is 45.6 Å². The molecule has 0 aliphatic heterocycles. The SMILES string of the molecule is COCCN(Cc1c(C(C)C)nn(-c2ccccc2)c1Oc1ccccc1F)C(=O)C1CCC1. The van der Waals surface area contributed by atoms with E-state index in [1.165, 1.54) is 6.07 Å².